The molecule has 6 heteroatoms. The van der Waals surface area contributed by atoms with Gasteiger partial charge in [-0.15, -0.1) is 0 Å². The summed E-state index contributed by atoms with van der Waals surface area (Å²) >= 11 is 17.1. The first-order valence-corrected chi connectivity index (χ1v) is 6.54. The Bertz CT molecular complexity index is 669. The summed E-state index contributed by atoms with van der Waals surface area (Å²) in [5.74, 6) is -1.46. The summed E-state index contributed by atoms with van der Waals surface area (Å²) in [6, 6.07) is 6.69. The molecule has 0 fully saturated rings. The lowest BCUT2D eigenvalue weighted by Crippen LogP contribution is -2.21. The minimum Gasteiger partial charge on any atom is -0.451 e. The molecule has 0 aromatic heterocycles. The first-order valence-electron chi connectivity index (χ1n) is 5.40. The van der Waals surface area contributed by atoms with E-state index in [1.807, 2.05) is 0 Å². The predicted octanol–water partition coefficient (Wildman–Crippen LogP) is 4.00. The fourth-order valence-electron chi connectivity index (χ4n) is 1.48. The number of allylic oxidation sites excluding steroid dienone is 3. The molecule has 1 aliphatic rings. The predicted molar refractivity (Wildman–Crippen MR) is 78.8 cm³/mol. The van der Waals surface area contributed by atoms with Crippen LogP contribution in [0.25, 0.3) is 6.08 Å². The highest BCUT2D eigenvalue weighted by atomic mass is 35.5. The van der Waals surface area contributed by atoms with E-state index in [0.717, 1.165) is 5.56 Å². The molecule has 3 nitrogen and oxygen atoms in total. The molecule has 20 heavy (non-hydrogen) atoms. The minimum absolute atomic E-state index is 0.336. The quantitative estimate of drug-likeness (QED) is 0.787. The second-order valence-electron chi connectivity index (χ2n) is 3.80. The van der Waals surface area contributed by atoms with Crippen molar-refractivity contribution in [1.82, 2.24) is 0 Å². The number of hydrogen-bond donors (Lipinski definition) is 0. The molecule has 0 saturated carbocycles. The van der Waals surface area contributed by atoms with E-state index in [9.17, 15) is 9.59 Å². The lowest BCUT2D eigenvalue weighted by atomic mass is 10.1. The van der Waals surface area contributed by atoms with E-state index in [-0.39, 0.29) is 5.76 Å². The third-order valence-corrected chi connectivity index (χ3v) is 3.69. The molecule has 2 rings (SSSR count). The second-order valence-corrected chi connectivity index (χ2v) is 4.94. The van der Waals surface area contributed by atoms with Gasteiger partial charge in [0.1, 0.15) is 20.8 Å². The van der Waals surface area contributed by atoms with Crippen LogP contribution in [0.1, 0.15) is 5.56 Å². The summed E-state index contributed by atoms with van der Waals surface area (Å²) in [4.78, 5) is 23.6. The van der Waals surface area contributed by atoms with Crippen molar-refractivity contribution in [2.45, 2.75) is 0 Å². The topological polar surface area (TPSA) is 43.4 Å². The lowest BCUT2D eigenvalue weighted by molar-refractivity contribution is -0.116. The van der Waals surface area contributed by atoms with Gasteiger partial charge in [0.25, 0.3) is 0 Å². The molecule has 0 saturated heterocycles. The van der Waals surface area contributed by atoms with Crippen molar-refractivity contribution in [2.24, 2.45) is 0 Å². The molecule has 0 amide bonds. The number of halogens is 3. The summed E-state index contributed by atoms with van der Waals surface area (Å²) in [7, 11) is 0. The van der Waals surface area contributed by atoms with Gasteiger partial charge in [-0.1, -0.05) is 59.6 Å². The number of ketones is 2. The van der Waals surface area contributed by atoms with Gasteiger partial charge in [-0.05, 0) is 17.7 Å². The van der Waals surface area contributed by atoms with Crippen LogP contribution in [-0.2, 0) is 9.59 Å². The van der Waals surface area contributed by atoms with Crippen LogP contribution < -0.4 is 4.74 Å². The van der Waals surface area contributed by atoms with E-state index in [1.165, 1.54) is 0 Å². The zero-order chi connectivity index (χ0) is 14.9. The molecule has 1 aromatic carbocycles. The highest BCUT2D eigenvalue weighted by molar-refractivity contribution is 6.64. The summed E-state index contributed by atoms with van der Waals surface area (Å²) < 4.78 is 5.33. The van der Waals surface area contributed by atoms with Gasteiger partial charge in [-0.25, -0.2) is 0 Å². The largest absolute Gasteiger partial charge is 0.451 e. The minimum atomic E-state index is -0.740. The van der Waals surface area contributed by atoms with Crippen molar-refractivity contribution in [2.75, 3.05) is 0 Å². The summed E-state index contributed by atoms with van der Waals surface area (Å²) in [5.41, 5.74) is 0.879. The summed E-state index contributed by atoms with van der Waals surface area (Å²) in [6.07, 6.45) is 1.66. The Balaban J connectivity index is 2.34. The van der Waals surface area contributed by atoms with Crippen LogP contribution in [0.2, 0.25) is 0 Å². The molecule has 0 spiro atoms. The van der Waals surface area contributed by atoms with Crippen molar-refractivity contribution in [3.8, 4) is 5.75 Å². The number of rotatable bonds is 3. The Morgan fingerprint density at radius 2 is 1.45 bits per heavy atom. The Morgan fingerprint density at radius 1 is 0.900 bits per heavy atom. The Morgan fingerprint density at radius 3 is 2.00 bits per heavy atom. The third-order valence-electron chi connectivity index (χ3n) is 2.53. The van der Waals surface area contributed by atoms with Gasteiger partial charge in [0.15, 0.2) is 5.76 Å². The van der Waals surface area contributed by atoms with Crippen LogP contribution in [-0.4, -0.2) is 11.6 Å². The van der Waals surface area contributed by atoms with Gasteiger partial charge in [0.05, 0.1) is 0 Å². The Labute approximate surface area is 130 Å². The number of carbonyl (C=O) groups excluding carboxylic acids is 2. The van der Waals surface area contributed by atoms with Crippen molar-refractivity contribution >= 4 is 52.4 Å². The van der Waals surface area contributed by atoms with Crippen molar-refractivity contribution < 1.29 is 14.3 Å². The van der Waals surface area contributed by atoms with Gasteiger partial charge < -0.3 is 4.74 Å². The maximum absolute atomic E-state index is 11.9. The molecular formula is C14H7Cl3O3. The summed E-state index contributed by atoms with van der Waals surface area (Å²) in [5, 5.41) is -1.20. The molecular weight excluding hydrogens is 323 g/mol. The van der Waals surface area contributed by atoms with Crippen LogP contribution in [0.15, 0.2) is 51.7 Å². The third kappa shape index (κ3) is 2.66. The second kappa shape index (κ2) is 5.83. The zero-order valence-corrected chi connectivity index (χ0v) is 12.2. The van der Waals surface area contributed by atoms with E-state index < -0.39 is 26.7 Å². The standard InChI is InChI=1S/C14H7Cl3O3/c1-2-7-3-5-8(6-4-7)20-14-11(17)12(18)9(15)10(16)13(14)19/h2-6H,1H2. The molecule has 102 valence electrons. The van der Waals surface area contributed by atoms with Crippen LogP contribution in [0.3, 0.4) is 0 Å². The number of Topliss-reactive ketones (excluding diaryl/α,β-unsaturated/α-hetero) is 2. The highest BCUT2D eigenvalue weighted by Gasteiger charge is 2.34. The average Bonchev–Trinajstić information content (AvgIpc) is 2.48. The zero-order valence-electron chi connectivity index (χ0n) is 9.95. The number of hydrogen-bond acceptors (Lipinski definition) is 3. The fraction of sp³-hybridized carbons (Fsp3) is 0. The molecule has 0 heterocycles. The van der Waals surface area contributed by atoms with Crippen molar-refractivity contribution in [3.63, 3.8) is 0 Å². The van der Waals surface area contributed by atoms with Gasteiger partial charge in [0, 0.05) is 0 Å². The van der Waals surface area contributed by atoms with E-state index in [4.69, 9.17) is 39.5 Å². The molecule has 0 aliphatic heterocycles. The summed E-state index contributed by atoms with van der Waals surface area (Å²) in [6.45, 7) is 3.62. The molecule has 0 radical (unpaired) electrons. The van der Waals surface area contributed by atoms with E-state index >= 15 is 0 Å². The molecule has 0 N–H and O–H groups in total. The lowest BCUT2D eigenvalue weighted by Gasteiger charge is -2.15. The number of ether oxygens (including phenoxy) is 1. The number of benzene rings is 1. The Kier molecular flexibility index (Phi) is 4.33. The average molecular weight is 330 g/mol. The van der Waals surface area contributed by atoms with E-state index in [1.54, 1.807) is 30.3 Å². The van der Waals surface area contributed by atoms with Crippen LogP contribution in [0, 0.1) is 0 Å². The van der Waals surface area contributed by atoms with E-state index in [0.29, 0.717) is 5.75 Å². The molecule has 0 atom stereocenters. The van der Waals surface area contributed by atoms with Crippen molar-refractivity contribution in [1.29, 1.82) is 0 Å². The number of carbonyl (C=O) groups is 2. The maximum atomic E-state index is 11.9. The smallest absolute Gasteiger partial charge is 0.242 e. The van der Waals surface area contributed by atoms with Crippen LogP contribution >= 0.6 is 34.8 Å². The van der Waals surface area contributed by atoms with E-state index in [2.05, 4.69) is 6.58 Å². The SMILES string of the molecule is C=Cc1ccc(OC2=C(Cl)C(=O)C(Cl)=C(Cl)C2=O)cc1. The van der Waals surface area contributed by atoms with Gasteiger partial charge in [0.2, 0.25) is 11.6 Å². The monoisotopic (exact) mass is 328 g/mol. The van der Waals surface area contributed by atoms with Gasteiger partial charge >= 0.3 is 0 Å². The molecule has 0 bridgehead atoms. The van der Waals surface area contributed by atoms with Crippen LogP contribution in [0.5, 0.6) is 5.75 Å². The molecule has 1 aromatic rings. The molecule has 1 aliphatic carbocycles. The Hall–Kier alpha value is -1.55. The highest BCUT2D eigenvalue weighted by Crippen LogP contribution is 2.32. The first-order chi connectivity index (χ1) is 9.45. The normalized spacial score (nSPS) is 15.8. The maximum Gasteiger partial charge on any atom is 0.242 e. The van der Waals surface area contributed by atoms with Gasteiger partial charge in [-0.2, -0.15) is 0 Å². The van der Waals surface area contributed by atoms with Gasteiger partial charge in [-0.3, -0.25) is 9.59 Å². The van der Waals surface area contributed by atoms with Crippen molar-refractivity contribution in [3.05, 3.63) is 57.3 Å². The first kappa shape index (κ1) is 14.9. The fourth-order valence-corrected chi connectivity index (χ4v) is 2.10. The molecule has 0 unspecified atom stereocenters. The van der Waals surface area contributed by atoms with Crippen LogP contribution in [0.4, 0.5) is 0 Å².